The highest BCUT2D eigenvalue weighted by atomic mass is 19.4. The monoisotopic (exact) mass is 528 g/mol. The summed E-state index contributed by atoms with van der Waals surface area (Å²) in [7, 11) is 0. The molecule has 38 heavy (non-hydrogen) atoms. The number of rotatable bonds is 8. The first-order chi connectivity index (χ1) is 18.2. The smallest absolute Gasteiger partial charge is 0.485 e. The molecule has 2 aromatic carbocycles. The molecule has 0 spiro atoms. The van der Waals surface area contributed by atoms with Crippen LogP contribution in [0.2, 0.25) is 0 Å². The van der Waals surface area contributed by atoms with Crippen LogP contribution in [0.1, 0.15) is 43.2 Å². The molecule has 1 aromatic heterocycles. The lowest BCUT2D eigenvalue weighted by molar-refractivity contribution is -0.274. The predicted molar refractivity (Wildman–Crippen MR) is 131 cm³/mol. The molecule has 5 rings (SSSR count). The Morgan fingerprint density at radius 3 is 2.42 bits per heavy atom. The van der Waals surface area contributed by atoms with E-state index in [1.54, 1.807) is 12.1 Å². The van der Waals surface area contributed by atoms with Gasteiger partial charge in [0.25, 0.3) is 5.56 Å². The van der Waals surface area contributed by atoms with Gasteiger partial charge >= 0.3 is 6.36 Å². The number of carbonyl (C=O) groups excluding carboxylic acids is 1. The summed E-state index contributed by atoms with van der Waals surface area (Å²) in [5.74, 6) is 0.391. The van der Waals surface area contributed by atoms with E-state index in [0.29, 0.717) is 35.9 Å². The third-order valence-electron chi connectivity index (χ3n) is 6.41. The molecule has 3 heterocycles. The van der Waals surface area contributed by atoms with Gasteiger partial charge in [0, 0.05) is 25.4 Å². The number of aromatic nitrogens is 2. The molecule has 9 nitrogen and oxygen atoms in total. The maximum absolute atomic E-state index is 12.6. The number of amides is 1. The van der Waals surface area contributed by atoms with Crippen LogP contribution >= 0.6 is 0 Å². The Morgan fingerprint density at radius 2 is 1.79 bits per heavy atom. The summed E-state index contributed by atoms with van der Waals surface area (Å²) in [4.78, 5) is 33.0. The standard InChI is InChI=1S/C26H25F3N5O4/c1-2-11-34-23(33-21-24(34)31-14-32-25(21)36)16-5-7-18(8-6-16)37-22(17-12-20(35)30-13-17)15-3-9-19(10-4-15)38-26(27,28)29/h3-10,14,17,22-23H,2,11-13H2,1H3,(H,30,35)(H,31,32,36). The second kappa shape index (κ2) is 10.3. The molecule has 0 bridgehead atoms. The molecule has 2 aliphatic heterocycles. The molecule has 3 atom stereocenters. The van der Waals surface area contributed by atoms with E-state index in [2.05, 4.69) is 25.3 Å². The maximum atomic E-state index is 12.6. The van der Waals surface area contributed by atoms with E-state index < -0.39 is 18.6 Å². The van der Waals surface area contributed by atoms with Crippen LogP contribution in [-0.4, -0.2) is 35.3 Å². The van der Waals surface area contributed by atoms with Crippen molar-refractivity contribution >= 4 is 17.4 Å². The molecule has 0 aliphatic carbocycles. The van der Waals surface area contributed by atoms with Gasteiger partial charge in [-0.15, -0.1) is 13.2 Å². The molecule has 2 aliphatic rings. The number of hydrogen-bond acceptors (Lipinski definition) is 6. The molecule has 199 valence electrons. The molecule has 3 aromatic rings. The minimum Gasteiger partial charge on any atom is -0.485 e. The third kappa shape index (κ3) is 5.38. The largest absolute Gasteiger partial charge is 0.573 e. The number of aromatic amines is 1. The Morgan fingerprint density at radius 1 is 1.08 bits per heavy atom. The summed E-state index contributed by atoms with van der Waals surface area (Å²) < 4.78 is 47.9. The van der Waals surface area contributed by atoms with Crippen molar-refractivity contribution in [3.05, 3.63) is 76.3 Å². The predicted octanol–water partition coefficient (Wildman–Crippen LogP) is 4.09. The molecule has 1 saturated heterocycles. The lowest BCUT2D eigenvalue weighted by Crippen LogP contribution is -2.28. The molecule has 1 radical (unpaired) electrons. The van der Waals surface area contributed by atoms with Crippen molar-refractivity contribution < 1.29 is 27.4 Å². The average Bonchev–Trinajstić information content (AvgIpc) is 3.47. The number of halogens is 3. The van der Waals surface area contributed by atoms with E-state index in [9.17, 15) is 22.8 Å². The molecule has 2 N–H and O–H groups in total. The summed E-state index contributed by atoms with van der Waals surface area (Å²) >= 11 is 0. The number of carbonyl (C=O) groups is 1. The van der Waals surface area contributed by atoms with Crippen molar-refractivity contribution in [1.82, 2.24) is 20.6 Å². The second-order valence-electron chi connectivity index (χ2n) is 9.09. The first-order valence-corrected chi connectivity index (χ1v) is 12.2. The van der Waals surface area contributed by atoms with Gasteiger partial charge in [0.1, 0.15) is 23.8 Å². The number of anilines is 1. The quantitative estimate of drug-likeness (QED) is 0.456. The topological polar surface area (TPSA) is 111 Å². The lowest BCUT2D eigenvalue weighted by atomic mass is 9.94. The van der Waals surface area contributed by atoms with Gasteiger partial charge in [-0.05, 0) is 41.8 Å². The van der Waals surface area contributed by atoms with E-state index in [1.807, 2.05) is 24.0 Å². The van der Waals surface area contributed by atoms with E-state index in [1.165, 1.54) is 30.6 Å². The van der Waals surface area contributed by atoms with Crippen LogP contribution in [0.5, 0.6) is 11.5 Å². The Kier molecular flexibility index (Phi) is 6.87. The molecule has 1 fully saturated rings. The molecular weight excluding hydrogens is 503 g/mol. The Labute approximate surface area is 216 Å². The van der Waals surface area contributed by atoms with Gasteiger partial charge in [-0.3, -0.25) is 9.59 Å². The van der Waals surface area contributed by atoms with Gasteiger partial charge in [0.2, 0.25) is 5.91 Å². The number of benzene rings is 2. The fourth-order valence-electron chi connectivity index (χ4n) is 4.74. The summed E-state index contributed by atoms with van der Waals surface area (Å²) in [6, 6.07) is 12.7. The summed E-state index contributed by atoms with van der Waals surface area (Å²) in [5.41, 5.74) is 1.45. The summed E-state index contributed by atoms with van der Waals surface area (Å²) in [5, 5.41) is 7.39. The third-order valence-corrected chi connectivity index (χ3v) is 6.41. The van der Waals surface area contributed by atoms with Crippen molar-refractivity contribution in [2.75, 3.05) is 18.0 Å². The highest BCUT2D eigenvalue weighted by Crippen LogP contribution is 2.39. The highest BCUT2D eigenvalue weighted by molar-refractivity contribution is 5.78. The summed E-state index contributed by atoms with van der Waals surface area (Å²) in [6.07, 6.45) is -3.35. The molecular formula is C26H25F3N5O4. The van der Waals surface area contributed by atoms with Crippen molar-refractivity contribution in [1.29, 1.82) is 0 Å². The SMILES string of the molecule is CCCN1c2nc[nH]c(=O)c2[N]C1c1ccc(OC(c2ccc(OC(F)(F)F)cc2)C2CNC(=O)C2)cc1. The molecule has 3 unspecified atom stereocenters. The number of nitrogens with zero attached hydrogens (tertiary/aromatic N) is 3. The Balaban J connectivity index is 1.36. The van der Waals surface area contributed by atoms with E-state index >= 15 is 0 Å². The van der Waals surface area contributed by atoms with Crippen LogP contribution in [0.4, 0.5) is 24.7 Å². The van der Waals surface area contributed by atoms with Crippen molar-refractivity contribution in [2.24, 2.45) is 5.92 Å². The second-order valence-corrected chi connectivity index (χ2v) is 9.09. The normalized spacial score (nSPS) is 19.5. The van der Waals surface area contributed by atoms with Crippen LogP contribution in [0, 0.1) is 5.92 Å². The zero-order chi connectivity index (χ0) is 26.9. The first-order valence-electron chi connectivity index (χ1n) is 12.2. The van der Waals surface area contributed by atoms with Crippen LogP contribution in [0.25, 0.3) is 0 Å². The van der Waals surface area contributed by atoms with Gasteiger partial charge in [-0.25, -0.2) is 10.3 Å². The van der Waals surface area contributed by atoms with E-state index in [-0.39, 0.29) is 29.6 Å². The van der Waals surface area contributed by atoms with Crippen molar-refractivity contribution in [2.45, 2.75) is 38.4 Å². The lowest BCUT2D eigenvalue weighted by Gasteiger charge is -2.26. The summed E-state index contributed by atoms with van der Waals surface area (Å²) in [6.45, 7) is 3.08. The van der Waals surface area contributed by atoms with E-state index in [0.717, 1.165) is 12.0 Å². The average molecular weight is 529 g/mol. The highest BCUT2D eigenvalue weighted by Gasteiger charge is 2.36. The fourth-order valence-corrected chi connectivity index (χ4v) is 4.74. The van der Waals surface area contributed by atoms with Gasteiger partial charge in [0.15, 0.2) is 11.5 Å². The number of nitrogens with one attached hydrogen (secondary N) is 2. The minimum absolute atomic E-state index is 0.113. The minimum atomic E-state index is -4.79. The Bertz CT molecular complexity index is 1340. The number of hydrogen-bond donors (Lipinski definition) is 2. The number of fused-ring (bicyclic) bond motifs is 1. The zero-order valence-electron chi connectivity index (χ0n) is 20.4. The van der Waals surface area contributed by atoms with Crippen molar-refractivity contribution in [3.63, 3.8) is 0 Å². The van der Waals surface area contributed by atoms with Crippen molar-refractivity contribution in [3.8, 4) is 11.5 Å². The van der Waals surface area contributed by atoms with Gasteiger partial charge < -0.3 is 24.7 Å². The van der Waals surface area contributed by atoms with Crippen LogP contribution in [0.3, 0.4) is 0 Å². The molecule has 0 saturated carbocycles. The zero-order valence-corrected chi connectivity index (χ0v) is 20.4. The van der Waals surface area contributed by atoms with Gasteiger partial charge in [-0.1, -0.05) is 31.2 Å². The maximum Gasteiger partial charge on any atom is 0.573 e. The number of alkyl halides is 3. The Hall–Kier alpha value is -4.22. The van der Waals surface area contributed by atoms with Crippen LogP contribution in [0.15, 0.2) is 59.7 Å². The van der Waals surface area contributed by atoms with Gasteiger partial charge in [0.05, 0.1) is 6.33 Å². The fraction of sp³-hybridized carbons (Fsp3) is 0.346. The molecule has 1 amide bonds. The first kappa shape index (κ1) is 25.4. The van der Waals surface area contributed by atoms with Crippen LogP contribution < -0.4 is 30.6 Å². The number of ether oxygens (including phenoxy) is 2. The van der Waals surface area contributed by atoms with E-state index in [4.69, 9.17) is 4.74 Å². The van der Waals surface area contributed by atoms with Crippen LogP contribution in [-0.2, 0) is 4.79 Å². The van der Waals surface area contributed by atoms with Gasteiger partial charge in [-0.2, -0.15) is 0 Å². The molecule has 12 heteroatoms. The number of H-pyrrole nitrogens is 1.